The summed E-state index contributed by atoms with van der Waals surface area (Å²) in [5.74, 6) is 0.695. The maximum absolute atomic E-state index is 11.1. The van der Waals surface area contributed by atoms with E-state index in [1.54, 1.807) is 13.3 Å². The highest BCUT2D eigenvalue weighted by molar-refractivity contribution is 5.31. The Bertz CT molecular complexity index is 430. The van der Waals surface area contributed by atoms with Crippen molar-refractivity contribution in [2.75, 3.05) is 27.2 Å². The Balaban J connectivity index is 2.40. The van der Waals surface area contributed by atoms with Gasteiger partial charge in [-0.1, -0.05) is 0 Å². The summed E-state index contributed by atoms with van der Waals surface area (Å²) in [6, 6.07) is 0.212. The lowest BCUT2D eigenvalue weighted by Gasteiger charge is -2.29. The topological polar surface area (TPSA) is 50.5 Å². The van der Waals surface area contributed by atoms with Gasteiger partial charge in [0.2, 0.25) is 0 Å². The molecule has 1 aliphatic rings. The molecular weight excluding hydrogens is 242 g/mol. The SMILES string of the molecule is COc1cnn(C(C)C)c1C1(O)CCCN(C)CC1. The van der Waals surface area contributed by atoms with E-state index in [0.29, 0.717) is 5.75 Å². The van der Waals surface area contributed by atoms with E-state index < -0.39 is 5.60 Å². The number of nitrogens with zero attached hydrogens (tertiary/aromatic N) is 3. The Kier molecular flexibility index (Phi) is 4.16. The molecule has 5 heteroatoms. The first-order valence-electron chi connectivity index (χ1n) is 7.01. The van der Waals surface area contributed by atoms with Gasteiger partial charge in [0.05, 0.1) is 13.3 Å². The van der Waals surface area contributed by atoms with Crippen molar-refractivity contribution in [3.05, 3.63) is 11.9 Å². The van der Waals surface area contributed by atoms with Gasteiger partial charge in [-0.2, -0.15) is 5.10 Å². The van der Waals surface area contributed by atoms with Crippen LogP contribution in [0.2, 0.25) is 0 Å². The molecule has 0 bridgehead atoms. The van der Waals surface area contributed by atoms with Gasteiger partial charge in [0.15, 0.2) is 5.75 Å². The van der Waals surface area contributed by atoms with Crippen LogP contribution >= 0.6 is 0 Å². The van der Waals surface area contributed by atoms with E-state index >= 15 is 0 Å². The van der Waals surface area contributed by atoms with Crippen LogP contribution in [0.5, 0.6) is 5.75 Å². The summed E-state index contributed by atoms with van der Waals surface area (Å²) < 4.78 is 7.30. The zero-order valence-electron chi connectivity index (χ0n) is 12.4. The van der Waals surface area contributed by atoms with Gasteiger partial charge in [0.25, 0.3) is 0 Å². The van der Waals surface area contributed by atoms with Gasteiger partial charge < -0.3 is 14.7 Å². The van der Waals surface area contributed by atoms with Crippen molar-refractivity contribution in [1.29, 1.82) is 0 Å². The number of likely N-dealkylation sites (tertiary alicyclic amines) is 1. The molecule has 1 saturated heterocycles. The van der Waals surface area contributed by atoms with Crippen LogP contribution in [0.4, 0.5) is 0 Å². The van der Waals surface area contributed by atoms with Crippen LogP contribution in [0.15, 0.2) is 6.20 Å². The summed E-state index contributed by atoms with van der Waals surface area (Å²) in [5, 5.41) is 15.5. The van der Waals surface area contributed by atoms with Crippen molar-refractivity contribution in [3.63, 3.8) is 0 Å². The molecule has 0 aliphatic carbocycles. The van der Waals surface area contributed by atoms with Crippen LogP contribution in [0.25, 0.3) is 0 Å². The van der Waals surface area contributed by atoms with E-state index in [0.717, 1.165) is 38.0 Å². The maximum atomic E-state index is 11.1. The van der Waals surface area contributed by atoms with Gasteiger partial charge in [0.1, 0.15) is 11.3 Å². The molecule has 2 heterocycles. The Morgan fingerprint density at radius 3 is 2.74 bits per heavy atom. The van der Waals surface area contributed by atoms with Crippen molar-refractivity contribution in [1.82, 2.24) is 14.7 Å². The molecule has 1 aliphatic heterocycles. The predicted octanol–water partition coefficient (Wildman–Crippen LogP) is 1.78. The van der Waals surface area contributed by atoms with Gasteiger partial charge in [-0.15, -0.1) is 0 Å². The third kappa shape index (κ3) is 2.77. The molecule has 108 valence electrons. The number of hydrogen-bond donors (Lipinski definition) is 1. The zero-order chi connectivity index (χ0) is 14.0. The van der Waals surface area contributed by atoms with E-state index in [-0.39, 0.29) is 6.04 Å². The lowest BCUT2D eigenvalue weighted by molar-refractivity contribution is 0.00974. The first-order chi connectivity index (χ1) is 8.98. The molecule has 1 N–H and O–H groups in total. The summed E-state index contributed by atoms with van der Waals surface area (Å²) in [6.45, 7) is 6.06. The largest absolute Gasteiger partial charge is 0.493 e. The second-order valence-electron chi connectivity index (χ2n) is 5.79. The predicted molar refractivity (Wildman–Crippen MR) is 74.4 cm³/mol. The van der Waals surface area contributed by atoms with Crippen LogP contribution < -0.4 is 4.74 Å². The Labute approximate surface area is 115 Å². The van der Waals surface area contributed by atoms with E-state index in [1.807, 2.05) is 4.68 Å². The van der Waals surface area contributed by atoms with Gasteiger partial charge in [0, 0.05) is 12.6 Å². The lowest BCUT2D eigenvalue weighted by Crippen LogP contribution is -2.31. The Morgan fingerprint density at radius 2 is 2.11 bits per heavy atom. The average Bonchev–Trinajstić information content (AvgIpc) is 2.73. The number of rotatable bonds is 3. The minimum atomic E-state index is -0.836. The lowest BCUT2D eigenvalue weighted by atomic mass is 9.90. The second-order valence-corrected chi connectivity index (χ2v) is 5.79. The minimum absolute atomic E-state index is 0.212. The summed E-state index contributed by atoms with van der Waals surface area (Å²) in [6.07, 6.45) is 4.17. The first-order valence-corrected chi connectivity index (χ1v) is 7.01. The first kappa shape index (κ1) is 14.3. The van der Waals surface area contributed by atoms with Gasteiger partial charge in [-0.3, -0.25) is 4.68 Å². The normalized spacial score (nSPS) is 25.6. The number of methoxy groups -OCH3 is 1. The fraction of sp³-hybridized carbons (Fsp3) is 0.786. The van der Waals surface area contributed by atoms with Crippen molar-refractivity contribution in [2.24, 2.45) is 0 Å². The quantitative estimate of drug-likeness (QED) is 0.907. The molecular formula is C14H25N3O2. The highest BCUT2D eigenvalue weighted by atomic mass is 16.5. The standard InChI is InChI=1S/C14H25N3O2/c1-11(2)17-13(12(19-4)10-15-17)14(18)6-5-8-16(3)9-7-14/h10-11,18H,5-9H2,1-4H3. The summed E-state index contributed by atoms with van der Waals surface area (Å²) >= 11 is 0. The molecule has 1 atom stereocenters. The number of hydrogen-bond acceptors (Lipinski definition) is 4. The molecule has 1 fully saturated rings. The van der Waals surface area contributed by atoms with Gasteiger partial charge >= 0.3 is 0 Å². The summed E-state index contributed by atoms with van der Waals surface area (Å²) in [4.78, 5) is 2.26. The maximum Gasteiger partial charge on any atom is 0.162 e. The molecule has 0 amide bonds. The fourth-order valence-corrected chi connectivity index (χ4v) is 2.82. The molecule has 2 rings (SSSR count). The minimum Gasteiger partial charge on any atom is -0.493 e. The summed E-state index contributed by atoms with van der Waals surface area (Å²) in [7, 11) is 3.74. The van der Waals surface area contributed by atoms with E-state index in [9.17, 15) is 5.11 Å². The molecule has 19 heavy (non-hydrogen) atoms. The van der Waals surface area contributed by atoms with Crippen LogP contribution in [-0.2, 0) is 5.60 Å². The van der Waals surface area contributed by atoms with Gasteiger partial charge in [-0.25, -0.2) is 0 Å². The molecule has 0 aromatic carbocycles. The zero-order valence-corrected chi connectivity index (χ0v) is 12.4. The van der Waals surface area contributed by atoms with E-state index in [1.165, 1.54) is 0 Å². The van der Waals surface area contributed by atoms with Crippen LogP contribution in [0.1, 0.15) is 44.8 Å². The molecule has 1 aromatic heterocycles. The van der Waals surface area contributed by atoms with Crippen LogP contribution in [0, 0.1) is 0 Å². The van der Waals surface area contributed by atoms with Crippen molar-refractivity contribution in [3.8, 4) is 5.75 Å². The number of ether oxygens (including phenoxy) is 1. The molecule has 5 nitrogen and oxygen atoms in total. The number of aromatic nitrogens is 2. The van der Waals surface area contributed by atoms with Crippen molar-refractivity contribution < 1.29 is 9.84 Å². The molecule has 1 aromatic rings. The number of aliphatic hydroxyl groups is 1. The Morgan fingerprint density at radius 1 is 1.37 bits per heavy atom. The van der Waals surface area contributed by atoms with Crippen LogP contribution in [0.3, 0.4) is 0 Å². The molecule has 0 spiro atoms. The van der Waals surface area contributed by atoms with Gasteiger partial charge in [-0.05, 0) is 46.7 Å². The highest BCUT2D eigenvalue weighted by Crippen LogP contribution is 2.38. The van der Waals surface area contributed by atoms with E-state index in [4.69, 9.17) is 4.74 Å². The van der Waals surface area contributed by atoms with Crippen molar-refractivity contribution >= 4 is 0 Å². The Hall–Kier alpha value is -1.07. The average molecular weight is 267 g/mol. The van der Waals surface area contributed by atoms with Crippen LogP contribution in [-0.4, -0.2) is 47.0 Å². The summed E-state index contributed by atoms with van der Waals surface area (Å²) in [5.41, 5.74) is -0.00282. The molecule has 1 unspecified atom stereocenters. The monoisotopic (exact) mass is 267 g/mol. The second kappa shape index (κ2) is 5.51. The fourth-order valence-electron chi connectivity index (χ4n) is 2.82. The highest BCUT2D eigenvalue weighted by Gasteiger charge is 2.37. The third-order valence-electron chi connectivity index (χ3n) is 3.95. The van der Waals surface area contributed by atoms with E-state index in [2.05, 4.69) is 30.9 Å². The molecule has 0 radical (unpaired) electrons. The third-order valence-corrected chi connectivity index (χ3v) is 3.95. The van der Waals surface area contributed by atoms with Crippen molar-refractivity contribution in [2.45, 2.75) is 44.8 Å². The smallest absolute Gasteiger partial charge is 0.162 e. The molecule has 0 saturated carbocycles.